The van der Waals surface area contributed by atoms with Gasteiger partial charge in [0.2, 0.25) is 0 Å². The van der Waals surface area contributed by atoms with Crippen LogP contribution in [0.25, 0.3) is 11.1 Å². The van der Waals surface area contributed by atoms with E-state index in [0.717, 1.165) is 39.1 Å². The molecule has 0 spiro atoms. The van der Waals surface area contributed by atoms with Crippen molar-refractivity contribution in [1.82, 2.24) is 5.32 Å². The Bertz CT molecular complexity index is 1150. The molecule has 3 aromatic rings. The van der Waals surface area contributed by atoms with Crippen LogP contribution >= 0.6 is 12.4 Å². The summed E-state index contributed by atoms with van der Waals surface area (Å²) in [5, 5.41) is 32.7. The van der Waals surface area contributed by atoms with Gasteiger partial charge in [-0.05, 0) is 90.4 Å². The first kappa shape index (κ1) is 29.2. The highest BCUT2D eigenvalue weighted by Gasteiger charge is 2.17. The summed E-state index contributed by atoms with van der Waals surface area (Å²) >= 11 is 0. The van der Waals surface area contributed by atoms with Crippen molar-refractivity contribution in [3.05, 3.63) is 82.4 Å². The van der Waals surface area contributed by atoms with Crippen LogP contribution in [0.4, 0.5) is 0 Å². The molecule has 0 fully saturated rings. The molecule has 6 nitrogen and oxygen atoms in total. The minimum Gasteiger partial charge on any atom is -0.508 e. The number of aliphatic hydroxyl groups excluding tert-OH is 1. The van der Waals surface area contributed by atoms with E-state index in [9.17, 15) is 20.1 Å². The van der Waals surface area contributed by atoms with E-state index in [2.05, 4.69) is 17.4 Å². The van der Waals surface area contributed by atoms with Crippen molar-refractivity contribution in [1.29, 1.82) is 0 Å². The molecule has 0 aromatic heterocycles. The highest BCUT2D eigenvalue weighted by Crippen LogP contribution is 2.32. The van der Waals surface area contributed by atoms with Crippen LogP contribution in [0, 0.1) is 13.8 Å². The van der Waals surface area contributed by atoms with E-state index in [1.165, 1.54) is 0 Å². The second kappa shape index (κ2) is 12.8. The summed E-state index contributed by atoms with van der Waals surface area (Å²) in [5.41, 5.74) is 5.92. The zero-order chi connectivity index (χ0) is 25.7. The molecule has 0 heterocycles. The van der Waals surface area contributed by atoms with Gasteiger partial charge in [-0.3, -0.25) is 0 Å². The van der Waals surface area contributed by atoms with E-state index in [1.54, 1.807) is 30.3 Å². The molecule has 0 aliphatic rings. The molecule has 3 aromatic carbocycles. The molecule has 0 unspecified atom stereocenters. The topological polar surface area (TPSA) is 99.0 Å². The van der Waals surface area contributed by atoms with E-state index < -0.39 is 12.1 Å². The fourth-order valence-electron chi connectivity index (χ4n) is 4.27. The molecule has 0 saturated heterocycles. The van der Waals surface area contributed by atoms with Gasteiger partial charge in [0, 0.05) is 12.6 Å². The van der Waals surface area contributed by atoms with E-state index in [1.807, 2.05) is 46.8 Å². The van der Waals surface area contributed by atoms with Gasteiger partial charge in [-0.15, -0.1) is 12.4 Å². The average Bonchev–Trinajstić information content (AvgIpc) is 2.82. The number of aryl methyl sites for hydroxylation is 2. The van der Waals surface area contributed by atoms with Crippen molar-refractivity contribution in [2.24, 2.45) is 0 Å². The van der Waals surface area contributed by atoms with Crippen molar-refractivity contribution >= 4 is 18.4 Å². The maximum absolute atomic E-state index is 11.6. The molecule has 0 radical (unpaired) electrons. The third-order valence-electron chi connectivity index (χ3n) is 6.22. The van der Waals surface area contributed by atoms with Gasteiger partial charge in [0.05, 0.1) is 11.7 Å². The Morgan fingerprint density at radius 3 is 2.11 bits per heavy atom. The molecule has 3 rings (SSSR count). The van der Waals surface area contributed by atoms with Crippen molar-refractivity contribution in [3.63, 3.8) is 0 Å². The fraction of sp³-hybridized carbons (Fsp3) is 0.345. The minimum atomic E-state index is -0.908. The molecule has 0 aliphatic heterocycles. The third kappa shape index (κ3) is 7.00. The van der Waals surface area contributed by atoms with Gasteiger partial charge in [0.1, 0.15) is 18.1 Å². The molecule has 2 atom stereocenters. The second-order valence-corrected chi connectivity index (χ2v) is 9.33. The van der Waals surface area contributed by atoms with E-state index in [4.69, 9.17) is 4.74 Å². The first-order valence-electron chi connectivity index (χ1n) is 11.9. The van der Waals surface area contributed by atoms with E-state index in [-0.39, 0.29) is 30.1 Å². The molecule has 36 heavy (non-hydrogen) atoms. The second-order valence-electron chi connectivity index (χ2n) is 9.33. The molecule has 0 aliphatic carbocycles. The Kier molecular flexibility index (Phi) is 10.3. The Morgan fingerprint density at radius 2 is 1.56 bits per heavy atom. The Balaban J connectivity index is 0.00000456. The summed E-state index contributed by atoms with van der Waals surface area (Å²) in [6, 6.07) is 16.0. The van der Waals surface area contributed by atoms with Crippen LogP contribution < -0.4 is 10.1 Å². The lowest BCUT2D eigenvalue weighted by Crippen LogP contribution is -2.35. The standard InChI is InChI=1S/C29H35NO5.ClH/c1-17(2)26-16-22(8-11-25(26)29(33)34)23-14-18(3)28(19(4)15-23)35-13-12-30-20(5)27(32)21-6-9-24(31)10-7-21;/h6-11,14-17,20,27,30-32H,12-13H2,1-5H3,(H,33,34);1H/t20-,27-;/m0./s1. The lowest BCUT2D eigenvalue weighted by molar-refractivity contribution is 0.0695. The van der Waals surface area contributed by atoms with Crippen molar-refractivity contribution in [3.8, 4) is 22.6 Å². The van der Waals surface area contributed by atoms with E-state index >= 15 is 0 Å². The number of ether oxygens (including phenoxy) is 1. The van der Waals surface area contributed by atoms with Gasteiger partial charge >= 0.3 is 5.97 Å². The number of benzene rings is 3. The third-order valence-corrected chi connectivity index (χ3v) is 6.22. The van der Waals surface area contributed by atoms with Gasteiger partial charge in [-0.1, -0.05) is 38.1 Å². The van der Waals surface area contributed by atoms with Crippen LogP contribution in [-0.4, -0.2) is 40.5 Å². The molecule has 0 saturated carbocycles. The predicted molar refractivity (Wildman–Crippen MR) is 146 cm³/mol. The summed E-state index contributed by atoms with van der Waals surface area (Å²) in [5.74, 6) is 0.195. The Hall–Kier alpha value is -3.06. The van der Waals surface area contributed by atoms with Crippen LogP contribution in [0.3, 0.4) is 0 Å². The quantitative estimate of drug-likeness (QED) is 0.248. The summed E-state index contributed by atoms with van der Waals surface area (Å²) in [6.07, 6.45) is -0.693. The van der Waals surface area contributed by atoms with E-state index in [0.29, 0.717) is 18.7 Å². The van der Waals surface area contributed by atoms with Crippen molar-refractivity contribution < 1.29 is 24.9 Å². The first-order valence-corrected chi connectivity index (χ1v) is 11.9. The van der Waals surface area contributed by atoms with Crippen molar-refractivity contribution in [2.75, 3.05) is 13.2 Å². The number of nitrogens with one attached hydrogen (secondary N) is 1. The molecular weight excluding hydrogens is 478 g/mol. The van der Waals surface area contributed by atoms with Crippen LogP contribution in [0.1, 0.15) is 65.4 Å². The van der Waals surface area contributed by atoms with Crippen LogP contribution in [0.2, 0.25) is 0 Å². The number of aliphatic hydroxyl groups is 1. The molecular formula is C29H36ClNO5. The van der Waals surface area contributed by atoms with Gasteiger partial charge in [0.25, 0.3) is 0 Å². The molecule has 0 bridgehead atoms. The zero-order valence-electron chi connectivity index (χ0n) is 21.4. The number of phenols is 1. The molecule has 7 heteroatoms. The normalized spacial score (nSPS) is 12.6. The van der Waals surface area contributed by atoms with Gasteiger partial charge in [0.15, 0.2) is 0 Å². The smallest absolute Gasteiger partial charge is 0.335 e. The number of carboxylic acids is 1. The van der Waals surface area contributed by atoms with Crippen LogP contribution in [0.5, 0.6) is 11.5 Å². The molecule has 194 valence electrons. The first-order chi connectivity index (χ1) is 16.6. The number of carbonyl (C=O) groups is 1. The number of aromatic carboxylic acids is 1. The summed E-state index contributed by atoms with van der Waals surface area (Å²) in [6.45, 7) is 10.9. The number of carboxylic acid groups (broad SMARTS) is 1. The Labute approximate surface area is 219 Å². The van der Waals surface area contributed by atoms with Crippen LogP contribution in [-0.2, 0) is 0 Å². The van der Waals surface area contributed by atoms with Gasteiger partial charge < -0.3 is 25.4 Å². The number of halogens is 1. The van der Waals surface area contributed by atoms with Crippen molar-refractivity contribution in [2.45, 2.75) is 52.7 Å². The Morgan fingerprint density at radius 1 is 0.944 bits per heavy atom. The number of rotatable bonds is 10. The summed E-state index contributed by atoms with van der Waals surface area (Å²) in [4.78, 5) is 11.6. The molecule has 4 N–H and O–H groups in total. The predicted octanol–water partition coefficient (Wildman–Crippen LogP) is 6.01. The maximum Gasteiger partial charge on any atom is 0.335 e. The highest BCUT2D eigenvalue weighted by atomic mass is 35.5. The number of hydrogen-bond acceptors (Lipinski definition) is 5. The average molecular weight is 514 g/mol. The van der Waals surface area contributed by atoms with Gasteiger partial charge in [-0.2, -0.15) is 0 Å². The lowest BCUT2D eigenvalue weighted by atomic mass is 9.91. The largest absolute Gasteiger partial charge is 0.508 e. The number of hydrogen-bond donors (Lipinski definition) is 4. The SMILES string of the molecule is Cc1cc(-c2ccc(C(=O)O)c(C(C)C)c2)cc(C)c1OCCN[C@@H](C)[C@H](O)c1ccc(O)cc1.Cl. The summed E-state index contributed by atoms with van der Waals surface area (Å²) < 4.78 is 6.07. The lowest BCUT2D eigenvalue weighted by Gasteiger charge is -2.21. The van der Waals surface area contributed by atoms with Gasteiger partial charge in [-0.25, -0.2) is 4.79 Å². The number of aromatic hydroxyl groups is 1. The summed E-state index contributed by atoms with van der Waals surface area (Å²) in [7, 11) is 0. The highest BCUT2D eigenvalue weighted by molar-refractivity contribution is 5.90. The minimum absolute atomic E-state index is 0. The van der Waals surface area contributed by atoms with Crippen LogP contribution in [0.15, 0.2) is 54.6 Å². The fourth-order valence-corrected chi connectivity index (χ4v) is 4.27. The molecule has 0 amide bonds. The maximum atomic E-state index is 11.6. The number of phenolic OH excluding ortho intramolecular Hbond substituents is 1. The zero-order valence-corrected chi connectivity index (χ0v) is 22.2. The monoisotopic (exact) mass is 513 g/mol.